The van der Waals surface area contributed by atoms with Gasteiger partial charge in [0.1, 0.15) is 0 Å². The Balaban J connectivity index is 0. The van der Waals surface area contributed by atoms with Gasteiger partial charge >= 0.3 is 26.7 Å². The second-order valence-electron chi connectivity index (χ2n) is 0.231. The molecule has 3 nitrogen and oxygen atoms in total. The Morgan fingerprint density at radius 3 is 1.40 bits per heavy atom. The molecule has 0 rings (SSSR count). The first-order valence-electron chi connectivity index (χ1n) is 0.532. The summed E-state index contributed by atoms with van der Waals surface area (Å²) in [5.74, 6) is 0. The fraction of sp³-hybridized carbons (Fsp3) is 0. The minimum atomic E-state index is -3.29. The predicted molar refractivity (Wildman–Crippen MR) is 10.9 cm³/mol. The largest absolute Gasteiger partial charge is 0 e. The first kappa shape index (κ1) is 9.24. The molecule has 0 aliphatic carbocycles. The van der Waals surface area contributed by atoms with E-state index in [-0.39, 0.29) is 17.4 Å². The summed E-state index contributed by atoms with van der Waals surface area (Å²) >= 11 is -3.29. The van der Waals surface area contributed by atoms with Crippen molar-refractivity contribution in [2.45, 2.75) is 0 Å². The average molecular weight is 181 g/mol. The molecule has 0 heterocycles. The van der Waals surface area contributed by atoms with E-state index in [9.17, 15) is 0 Å². The minimum Gasteiger partial charge on any atom is 0 e. The summed E-state index contributed by atoms with van der Waals surface area (Å²) in [6.45, 7) is 0. The Kier molecular flexibility index (Phi) is 8.82. The van der Waals surface area contributed by atoms with Crippen molar-refractivity contribution in [1.29, 1.82) is 0 Å². The molecule has 0 aliphatic rings. The van der Waals surface area contributed by atoms with Crippen LogP contribution in [0.25, 0.3) is 0 Å². The van der Waals surface area contributed by atoms with Crippen LogP contribution in [0.2, 0.25) is 0 Å². The van der Waals surface area contributed by atoms with Crippen molar-refractivity contribution in [2.24, 2.45) is 0 Å². The molecule has 0 atom stereocenters. The van der Waals surface area contributed by atoms with Crippen LogP contribution in [0, 0.1) is 0 Å². The van der Waals surface area contributed by atoms with Gasteiger partial charge < -0.3 is 0 Å². The molecule has 2 N–H and O–H groups in total. The van der Waals surface area contributed by atoms with E-state index in [1.807, 2.05) is 0 Å². The third-order valence-electron chi connectivity index (χ3n) is 0. The second kappa shape index (κ2) is 4.77. The number of rotatable bonds is 0. The summed E-state index contributed by atoms with van der Waals surface area (Å²) in [7, 11) is 0. The molecule has 0 fully saturated rings. The van der Waals surface area contributed by atoms with Gasteiger partial charge in [0.2, 0.25) is 0 Å². The maximum absolute atomic E-state index is 8.76. The maximum atomic E-state index is 8.76. The molecular formula is H2CrO3Se. The summed E-state index contributed by atoms with van der Waals surface area (Å²) in [5.41, 5.74) is 0. The minimum absolute atomic E-state index is 0. The van der Waals surface area contributed by atoms with E-state index in [1.54, 1.807) is 0 Å². The summed E-state index contributed by atoms with van der Waals surface area (Å²) in [6.07, 6.45) is 0. The fourth-order valence-corrected chi connectivity index (χ4v) is 0. The predicted octanol–water partition coefficient (Wildman–Crippen LogP) is -1.62. The first-order valence-corrected chi connectivity index (χ1v) is 2.76. The Bertz CT molecular complexity index is 29.9. The molecule has 5 heteroatoms. The normalized spacial score (nSPS) is 7.00. The van der Waals surface area contributed by atoms with E-state index in [4.69, 9.17) is 12.2 Å². The molecule has 0 unspecified atom stereocenters. The molecule has 0 aliphatic heterocycles. The Hall–Kier alpha value is 0.772. The van der Waals surface area contributed by atoms with Gasteiger partial charge in [-0.15, -0.1) is 0 Å². The summed E-state index contributed by atoms with van der Waals surface area (Å²) in [6, 6.07) is 0. The summed E-state index contributed by atoms with van der Waals surface area (Å²) < 4.78 is 23.1. The quantitative estimate of drug-likeness (QED) is 0.441. The van der Waals surface area contributed by atoms with Crippen LogP contribution in [0.5, 0.6) is 0 Å². The zero-order valence-corrected chi connectivity index (χ0v) is 5.11. The van der Waals surface area contributed by atoms with Gasteiger partial charge in [0.25, 0.3) is 0 Å². The third kappa shape index (κ3) is 61.5. The van der Waals surface area contributed by atoms with Gasteiger partial charge in [-0.2, -0.15) is 0 Å². The molecule has 0 saturated carbocycles. The van der Waals surface area contributed by atoms with Crippen molar-refractivity contribution in [3.63, 3.8) is 0 Å². The first-order chi connectivity index (χ1) is 1.73. The second-order valence-corrected chi connectivity index (χ2v) is 1.20. The maximum Gasteiger partial charge on any atom is 0 e. The van der Waals surface area contributed by atoms with Crippen LogP contribution in [0.15, 0.2) is 0 Å². The van der Waals surface area contributed by atoms with Gasteiger partial charge in [-0.05, 0) is 0 Å². The molecule has 0 radical (unpaired) electrons. The van der Waals surface area contributed by atoms with Crippen molar-refractivity contribution in [3.8, 4) is 0 Å². The van der Waals surface area contributed by atoms with Gasteiger partial charge in [0, 0.05) is 17.4 Å². The van der Waals surface area contributed by atoms with Crippen molar-refractivity contribution in [3.05, 3.63) is 0 Å². The van der Waals surface area contributed by atoms with Crippen LogP contribution >= 0.6 is 0 Å². The van der Waals surface area contributed by atoms with Gasteiger partial charge in [0.15, 0.2) is 0 Å². The average Bonchev–Trinajstić information content (AvgIpc) is 0.811. The Labute approximate surface area is 44.5 Å². The van der Waals surface area contributed by atoms with Crippen LogP contribution in [-0.4, -0.2) is 22.9 Å². The zero-order chi connectivity index (χ0) is 3.58. The van der Waals surface area contributed by atoms with Crippen LogP contribution in [0.3, 0.4) is 0 Å². The van der Waals surface area contributed by atoms with Crippen LogP contribution < -0.4 is 0 Å². The van der Waals surface area contributed by atoms with E-state index < -0.39 is 14.5 Å². The van der Waals surface area contributed by atoms with E-state index in [0.29, 0.717) is 0 Å². The van der Waals surface area contributed by atoms with Gasteiger partial charge in [0.05, 0.1) is 0 Å². The van der Waals surface area contributed by atoms with Gasteiger partial charge in [-0.1, -0.05) is 0 Å². The van der Waals surface area contributed by atoms with Crippen molar-refractivity contribution < 1.29 is 29.6 Å². The van der Waals surface area contributed by atoms with Crippen LogP contribution in [0.4, 0.5) is 0 Å². The van der Waals surface area contributed by atoms with Gasteiger partial charge in [-0.3, -0.25) is 0 Å². The number of hydrogen-bond acceptors (Lipinski definition) is 1. The van der Waals surface area contributed by atoms with Crippen molar-refractivity contribution in [1.82, 2.24) is 0 Å². The monoisotopic (exact) mass is 182 g/mol. The summed E-state index contributed by atoms with van der Waals surface area (Å²) in [5, 5.41) is 0. The fourth-order valence-electron chi connectivity index (χ4n) is 0. The zero-order valence-electron chi connectivity index (χ0n) is 2.12. The molecule has 5 heavy (non-hydrogen) atoms. The molecule has 0 amide bonds. The summed E-state index contributed by atoms with van der Waals surface area (Å²) in [4.78, 5) is 0. The van der Waals surface area contributed by atoms with Crippen molar-refractivity contribution in [2.75, 3.05) is 0 Å². The molecule has 0 bridgehead atoms. The number of hydrogen-bond donors (Lipinski definition) is 2. The standard InChI is InChI=1S/Cr.H2O3Se/c;1-4(2)3/h;(H2,1,2,3). The van der Waals surface area contributed by atoms with E-state index in [2.05, 4.69) is 0 Å². The molecule has 0 aromatic rings. The topological polar surface area (TPSA) is 57.5 Å². The molecule has 0 spiro atoms. The molecule has 0 aromatic heterocycles. The molecular weight excluding hydrogens is 179 g/mol. The Morgan fingerprint density at radius 2 is 1.40 bits per heavy atom. The Morgan fingerprint density at radius 1 is 1.40 bits per heavy atom. The SMILES string of the molecule is O=[Se](O)O.[Cr]. The van der Waals surface area contributed by atoms with E-state index in [0.717, 1.165) is 0 Å². The van der Waals surface area contributed by atoms with E-state index in [1.165, 1.54) is 0 Å². The van der Waals surface area contributed by atoms with Crippen molar-refractivity contribution >= 4 is 14.5 Å². The molecule has 0 saturated heterocycles. The smallest absolute Gasteiger partial charge is 0 e. The van der Waals surface area contributed by atoms with Crippen LogP contribution in [0.1, 0.15) is 0 Å². The molecule has 0 aromatic carbocycles. The molecule has 32 valence electrons. The van der Waals surface area contributed by atoms with Gasteiger partial charge in [-0.25, -0.2) is 0 Å². The van der Waals surface area contributed by atoms with E-state index >= 15 is 0 Å². The third-order valence-corrected chi connectivity index (χ3v) is 0. The van der Waals surface area contributed by atoms with Crippen LogP contribution in [-0.2, 0) is 21.2 Å².